The van der Waals surface area contributed by atoms with Gasteiger partial charge >= 0.3 is 0 Å². The van der Waals surface area contributed by atoms with E-state index in [1.54, 1.807) is 12.4 Å². The van der Waals surface area contributed by atoms with Crippen LogP contribution in [0.2, 0.25) is 0 Å². The molecule has 0 unspecified atom stereocenters. The summed E-state index contributed by atoms with van der Waals surface area (Å²) >= 11 is 0. The Kier molecular flexibility index (Phi) is 6.66. The zero-order chi connectivity index (χ0) is 23.7. The van der Waals surface area contributed by atoms with Crippen molar-refractivity contribution in [3.05, 3.63) is 69.9 Å². The van der Waals surface area contributed by atoms with E-state index in [4.69, 9.17) is 0 Å². The molecule has 2 N–H and O–H groups in total. The summed E-state index contributed by atoms with van der Waals surface area (Å²) in [5.41, 5.74) is 4.02. The number of nitrogens with zero attached hydrogens (tertiary/aromatic N) is 3. The van der Waals surface area contributed by atoms with Gasteiger partial charge in [0.25, 0.3) is 5.56 Å². The number of rotatable bonds is 7. The Labute approximate surface area is 200 Å². The number of nitrogens with one attached hydrogen (secondary N) is 1. The quantitative estimate of drug-likeness (QED) is 0.660. The van der Waals surface area contributed by atoms with Gasteiger partial charge in [-0.15, -0.1) is 0 Å². The van der Waals surface area contributed by atoms with Gasteiger partial charge in [0.15, 0.2) is 0 Å². The van der Waals surface area contributed by atoms with Crippen LogP contribution in [0.25, 0.3) is 5.57 Å². The summed E-state index contributed by atoms with van der Waals surface area (Å²) in [7, 11) is 0. The van der Waals surface area contributed by atoms with Crippen molar-refractivity contribution in [2.24, 2.45) is 11.8 Å². The Hall–Kier alpha value is -2.77. The van der Waals surface area contributed by atoms with E-state index in [9.17, 15) is 14.7 Å². The molecule has 2 aromatic heterocycles. The maximum Gasteiger partial charge on any atom is 0.258 e. The molecular formula is C27H34N4O3. The first-order chi connectivity index (χ1) is 16.6. The van der Waals surface area contributed by atoms with E-state index in [1.165, 1.54) is 6.42 Å². The van der Waals surface area contributed by atoms with Crippen LogP contribution in [-0.2, 0) is 17.8 Å². The van der Waals surface area contributed by atoms with Crippen LogP contribution >= 0.6 is 0 Å². The first-order valence-electron chi connectivity index (χ1n) is 12.6. The third-order valence-electron chi connectivity index (χ3n) is 7.94. The molecule has 180 valence electrons. The molecule has 2 aromatic rings. The summed E-state index contributed by atoms with van der Waals surface area (Å²) in [6.07, 6.45) is 10.7. The fourth-order valence-corrected chi connectivity index (χ4v) is 6.28. The van der Waals surface area contributed by atoms with E-state index < -0.39 is 0 Å². The molecule has 3 aliphatic rings. The van der Waals surface area contributed by atoms with Crippen LogP contribution in [0, 0.1) is 11.8 Å². The fraction of sp³-hybridized carbons (Fsp3) is 0.519. The van der Waals surface area contributed by atoms with Crippen molar-refractivity contribution in [2.45, 2.75) is 57.7 Å². The second kappa shape index (κ2) is 9.84. The molecule has 34 heavy (non-hydrogen) atoms. The van der Waals surface area contributed by atoms with Crippen molar-refractivity contribution >= 4 is 11.5 Å². The first-order valence-corrected chi connectivity index (χ1v) is 12.6. The largest absolute Gasteiger partial charge is 0.396 e. The number of pyridine rings is 2. The monoisotopic (exact) mass is 462 g/mol. The van der Waals surface area contributed by atoms with Crippen LogP contribution in [0.5, 0.6) is 0 Å². The molecule has 7 heteroatoms. The zero-order valence-electron chi connectivity index (χ0n) is 19.8. The number of carbonyl (C=O) groups is 1. The van der Waals surface area contributed by atoms with Gasteiger partial charge in [-0.05, 0) is 74.1 Å². The van der Waals surface area contributed by atoms with Crippen molar-refractivity contribution in [2.75, 3.05) is 19.7 Å². The van der Waals surface area contributed by atoms with Crippen LogP contribution in [0.4, 0.5) is 0 Å². The molecule has 1 aliphatic carbocycles. The molecule has 4 heterocycles. The minimum atomic E-state index is -0.389. The number of aliphatic hydroxyl groups is 1. The van der Waals surface area contributed by atoms with E-state index >= 15 is 0 Å². The molecule has 1 fully saturated rings. The predicted octanol–water partition coefficient (Wildman–Crippen LogP) is 2.54. The van der Waals surface area contributed by atoms with E-state index in [-0.39, 0.29) is 42.0 Å². The third kappa shape index (κ3) is 4.01. The van der Waals surface area contributed by atoms with Crippen LogP contribution in [0.15, 0.2) is 47.5 Å². The lowest BCUT2D eigenvalue weighted by Crippen LogP contribution is -2.46. The molecule has 1 amide bonds. The number of carbonyl (C=O) groups excluding carboxylic acids is 1. The van der Waals surface area contributed by atoms with Gasteiger partial charge in [0.2, 0.25) is 5.91 Å². The number of fused-ring (bicyclic) bond motifs is 4. The van der Waals surface area contributed by atoms with Crippen molar-refractivity contribution < 1.29 is 9.90 Å². The first kappa shape index (κ1) is 23.0. The number of aromatic nitrogens is 2. The van der Waals surface area contributed by atoms with Crippen LogP contribution in [0.3, 0.4) is 0 Å². The number of hydrogen-bond acceptors (Lipinski definition) is 5. The van der Waals surface area contributed by atoms with Crippen LogP contribution in [-0.4, -0.2) is 51.2 Å². The molecule has 0 saturated carbocycles. The fourth-order valence-electron chi connectivity index (χ4n) is 6.28. The normalized spacial score (nSPS) is 26.1. The van der Waals surface area contributed by atoms with Crippen molar-refractivity contribution in [3.8, 4) is 0 Å². The lowest BCUT2D eigenvalue weighted by molar-refractivity contribution is -0.127. The van der Waals surface area contributed by atoms with Gasteiger partial charge in [-0.1, -0.05) is 13.0 Å². The summed E-state index contributed by atoms with van der Waals surface area (Å²) in [6, 6.07) is 7.68. The van der Waals surface area contributed by atoms with Gasteiger partial charge in [-0.2, -0.15) is 0 Å². The van der Waals surface area contributed by atoms with Gasteiger partial charge in [-0.3, -0.25) is 19.5 Å². The number of allylic oxidation sites excluding steroid dienone is 2. The highest BCUT2D eigenvalue weighted by atomic mass is 16.3. The van der Waals surface area contributed by atoms with Crippen molar-refractivity contribution in [3.63, 3.8) is 0 Å². The average Bonchev–Trinajstić information content (AvgIpc) is 3.11. The lowest BCUT2D eigenvalue weighted by atomic mass is 9.86. The molecule has 2 bridgehead atoms. The summed E-state index contributed by atoms with van der Waals surface area (Å²) in [5, 5.41) is 13.5. The summed E-state index contributed by atoms with van der Waals surface area (Å²) in [6.45, 7) is 3.84. The maximum atomic E-state index is 13.6. The summed E-state index contributed by atoms with van der Waals surface area (Å²) < 4.78 is 1.89. The summed E-state index contributed by atoms with van der Waals surface area (Å²) in [5.74, 6) is -0.637. The molecule has 0 spiro atoms. The number of aliphatic hydroxyl groups excluding tert-OH is 1. The highest BCUT2D eigenvalue weighted by Gasteiger charge is 2.55. The zero-order valence-corrected chi connectivity index (χ0v) is 19.8. The molecule has 0 aromatic carbocycles. The molecule has 5 rings (SSSR count). The smallest absolute Gasteiger partial charge is 0.258 e. The van der Waals surface area contributed by atoms with Crippen LogP contribution in [0.1, 0.15) is 55.5 Å². The minimum absolute atomic E-state index is 0.0308. The van der Waals surface area contributed by atoms with Gasteiger partial charge in [-0.25, -0.2) is 0 Å². The molecule has 4 atom stereocenters. The third-order valence-corrected chi connectivity index (χ3v) is 7.94. The second-order valence-electron chi connectivity index (χ2n) is 9.67. The maximum absolute atomic E-state index is 13.6. The SMILES string of the molecule is CCN1[C@@H]2Cn3c(ccc(C4=CCCCC4)c3=O)[C@H]1[C@@H](C(=O)NCCc1ccncc1)[C@@H]2CO. The molecule has 1 saturated heterocycles. The van der Waals surface area contributed by atoms with Gasteiger partial charge in [0, 0.05) is 55.3 Å². The minimum Gasteiger partial charge on any atom is -0.396 e. The van der Waals surface area contributed by atoms with Gasteiger partial charge < -0.3 is 15.0 Å². The Morgan fingerprint density at radius 2 is 2.03 bits per heavy atom. The van der Waals surface area contributed by atoms with Gasteiger partial charge in [0.05, 0.1) is 12.0 Å². The Bertz CT molecular complexity index is 1130. The second-order valence-corrected chi connectivity index (χ2v) is 9.67. The molecule has 0 radical (unpaired) electrons. The standard InChI is InChI=1S/C27H34N4O3/c1-2-30-23-16-31-22(9-8-20(27(31)34)19-6-4-3-5-7-19)25(30)24(21(23)17-32)26(33)29-15-12-18-10-13-28-14-11-18/h6,8-11,13-14,21,23-25,32H,2-5,7,12,15-17H2,1H3,(H,29,33)/t21-,23-,24+,25+/m1/s1. The van der Waals surface area contributed by atoms with Crippen molar-refractivity contribution in [1.29, 1.82) is 0 Å². The van der Waals surface area contributed by atoms with E-state index in [2.05, 4.69) is 28.2 Å². The Balaban J connectivity index is 1.44. The van der Waals surface area contributed by atoms with E-state index in [0.29, 0.717) is 13.1 Å². The predicted molar refractivity (Wildman–Crippen MR) is 131 cm³/mol. The Morgan fingerprint density at radius 3 is 2.74 bits per heavy atom. The molecule has 7 nitrogen and oxygen atoms in total. The van der Waals surface area contributed by atoms with E-state index in [0.717, 1.165) is 54.6 Å². The molecular weight excluding hydrogens is 428 g/mol. The van der Waals surface area contributed by atoms with Crippen LogP contribution < -0.4 is 10.9 Å². The highest BCUT2D eigenvalue weighted by Crippen LogP contribution is 2.48. The number of likely N-dealkylation sites (N-methyl/N-ethyl adjacent to an activating group) is 1. The topological polar surface area (TPSA) is 87.5 Å². The Morgan fingerprint density at radius 1 is 1.21 bits per heavy atom. The molecule has 2 aliphatic heterocycles. The van der Waals surface area contributed by atoms with Crippen molar-refractivity contribution in [1.82, 2.24) is 19.8 Å². The summed E-state index contributed by atoms with van der Waals surface area (Å²) in [4.78, 5) is 33.4. The average molecular weight is 463 g/mol. The number of amides is 1. The van der Waals surface area contributed by atoms with Gasteiger partial charge in [0.1, 0.15) is 0 Å². The highest BCUT2D eigenvalue weighted by molar-refractivity contribution is 5.80. The number of hydrogen-bond donors (Lipinski definition) is 2. The van der Waals surface area contributed by atoms with E-state index in [1.807, 2.05) is 28.8 Å². The lowest BCUT2D eigenvalue weighted by Gasteiger charge is -2.37.